The second-order valence-electron chi connectivity index (χ2n) is 4.75. The summed E-state index contributed by atoms with van der Waals surface area (Å²) in [6.45, 7) is 0. The fraction of sp³-hybridized carbons (Fsp3) is 0.0625. The van der Waals surface area contributed by atoms with E-state index < -0.39 is 0 Å². The van der Waals surface area contributed by atoms with Gasteiger partial charge in [0.25, 0.3) is 0 Å². The van der Waals surface area contributed by atoms with Crippen LogP contribution in [0.4, 0.5) is 11.4 Å². The smallest absolute Gasteiger partial charge is 0.186 e. The molecule has 4 N–H and O–H groups in total. The van der Waals surface area contributed by atoms with Gasteiger partial charge < -0.3 is 11.5 Å². The lowest BCUT2D eigenvalue weighted by Crippen LogP contribution is -2.10. The highest BCUT2D eigenvalue weighted by atomic mass is 16.1. The minimum atomic E-state index is 0.0353. The molecule has 0 unspecified atom stereocenters. The molecule has 0 aromatic heterocycles. The van der Waals surface area contributed by atoms with Crippen LogP contribution in [0.1, 0.15) is 21.5 Å². The average Bonchev–Trinajstić information content (AvgIpc) is 2.38. The topological polar surface area (TPSA) is 69.1 Å². The molecule has 0 heterocycles. The molecule has 0 saturated carbocycles. The standard InChI is InChI=1S/C16H14N2O/c17-13-3-1-10(2-4-13)11-7-12-8-14(18)5-6-15(12)16(19)9-11/h1-6,8-9H,7,17-18H2. The van der Waals surface area contributed by atoms with Crippen LogP contribution >= 0.6 is 0 Å². The summed E-state index contributed by atoms with van der Waals surface area (Å²) in [6, 6.07) is 13.0. The summed E-state index contributed by atoms with van der Waals surface area (Å²) in [5, 5.41) is 0. The fourth-order valence-electron chi connectivity index (χ4n) is 2.38. The van der Waals surface area contributed by atoms with Crippen molar-refractivity contribution in [1.82, 2.24) is 0 Å². The number of benzene rings is 2. The average molecular weight is 250 g/mol. The lowest BCUT2D eigenvalue weighted by molar-refractivity contribution is 0.104. The molecule has 0 spiro atoms. The van der Waals surface area contributed by atoms with Gasteiger partial charge in [-0.05, 0) is 59.5 Å². The maximum atomic E-state index is 12.1. The van der Waals surface area contributed by atoms with Crippen LogP contribution in [0.25, 0.3) is 5.57 Å². The van der Waals surface area contributed by atoms with Gasteiger partial charge in [-0.1, -0.05) is 12.1 Å². The molecule has 0 bridgehead atoms. The number of rotatable bonds is 1. The molecular weight excluding hydrogens is 236 g/mol. The monoisotopic (exact) mass is 250 g/mol. The summed E-state index contributed by atoms with van der Waals surface area (Å²) in [5.74, 6) is 0.0353. The highest BCUT2D eigenvalue weighted by molar-refractivity contribution is 6.12. The van der Waals surface area contributed by atoms with Gasteiger partial charge in [-0.3, -0.25) is 4.79 Å². The summed E-state index contributed by atoms with van der Waals surface area (Å²) in [6.07, 6.45) is 2.42. The molecule has 19 heavy (non-hydrogen) atoms. The second kappa shape index (κ2) is 4.28. The Balaban J connectivity index is 2.03. The third-order valence-corrected chi connectivity index (χ3v) is 3.36. The predicted molar refractivity (Wildman–Crippen MR) is 77.7 cm³/mol. The van der Waals surface area contributed by atoms with Crippen molar-refractivity contribution in [3.8, 4) is 0 Å². The third-order valence-electron chi connectivity index (χ3n) is 3.36. The van der Waals surface area contributed by atoms with Gasteiger partial charge in [-0.2, -0.15) is 0 Å². The van der Waals surface area contributed by atoms with Gasteiger partial charge >= 0.3 is 0 Å². The SMILES string of the molecule is Nc1ccc(C2=CC(=O)c3ccc(N)cc3C2)cc1. The zero-order chi connectivity index (χ0) is 13.4. The van der Waals surface area contributed by atoms with Crippen LogP contribution in [0, 0.1) is 0 Å². The fourth-order valence-corrected chi connectivity index (χ4v) is 2.38. The number of hydrogen-bond donors (Lipinski definition) is 2. The maximum absolute atomic E-state index is 12.1. The number of carbonyl (C=O) groups is 1. The van der Waals surface area contributed by atoms with Gasteiger partial charge in [0.05, 0.1) is 0 Å². The summed E-state index contributed by atoms with van der Waals surface area (Å²) in [4.78, 5) is 12.1. The van der Waals surface area contributed by atoms with Crippen molar-refractivity contribution in [2.24, 2.45) is 0 Å². The van der Waals surface area contributed by atoms with Crippen molar-refractivity contribution >= 4 is 22.7 Å². The van der Waals surface area contributed by atoms with E-state index in [1.807, 2.05) is 30.3 Å². The molecular formula is C16H14N2O. The molecule has 2 aromatic rings. The van der Waals surface area contributed by atoms with Crippen LogP contribution in [0.15, 0.2) is 48.5 Å². The molecule has 0 fully saturated rings. The summed E-state index contributed by atoms with van der Waals surface area (Å²) < 4.78 is 0. The second-order valence-corrected chi connectivity index (χ2v) is 4.75. The molecule has 1 aliphatic rings. The first kappa shape index (κ1) is 11.5. The first-order valence-electron chi connectivity index (χ1n) is 6.13. The van der Waals surface area contributed by atoms with E-state index in [4.69, 9.17) is 11.5 Å². The van der Waals surface area contributed by atoms with Crippen LogP contribution in [-0.2, 0) is 6.42 Å². The number of anilines is 2. The summed E-state index contributed by atoms with van der Waals surface area (Å²) in [5.41, 5.74) is 16.6. The van der Waals surface area contributed by atoms with E-state index >= 15 is 0 Å². The number of ketones is 1. The highest BCUT2D eigenvalue weighted by Gasteiger charge is 2.18. The number of hydrogen-bond acceptors (Lipinski definition) is 3. The minimum absolute atomic E-state index is 0.0353. The molecule has 3 rings (SSSR count). The molecule has 94 valence electrons. The van der Waals surface area contributed by atoms with E-state index in [1.165, 1.54) is 0 Å². The van der Waals surface area contributed by atoms with E-state index in [1.54, 1.807) is 18.2 Å². The number of carbonyl (C=O) groups excluding carboxylic acids is 1. The van der Waals surface area contributed by atoms with Crippen LogP contribution < -0.4 is 11.5 Å². The Morgan fingerprint density at radius 2 is 1.58 bits per heavy atom. The molecule has 0 aliphatic heterocycles. The lowest BCUT2D eigenvalue weighted by atomic mass is 9.87. The normalized spacial score (nSPS) is 13.9. The van der Waals surface area contributed by atoms with Crippen LogP contribution in [0.2, 0.25) is 0 Å². The molecule has 1 aliphatic carbocycles. The van der Waals surface area contributed by atoms with Crippen molar-refractivity contribution in [2.45, 2.75) is 6.42 Å². The Kier molecular flexibility index (Phi) is 2.60. The first-order valence-corrected chi connectivity index (χ1v) is 6.13. The maximum Gasteiger partial charge on any atom is 0.186 e. The van der Waals surface area contributed by atoms with Gasteiger partial charge in [-0.25, -0.2) is 0 Å². The Bertz CT molecular complexity index is 684. The van der Waals surface area contributed by atoms with Crippen molar-refractivity contribution in [1.29, 1.82) is 0 Å². The minimum Gasteiger partial charge on any atom is -0.399 e. The Morgan fingerprint density at radius 1 is 0.895 bits per heavy atom. The molecule has 0 saturated heterocycles. The number of nitrogen functional groups attached to an aromatic ring is 2. The van der Waals surface area contributed by atoms with Gasteiger partial charge in [-0.15, -0.1) is 0 Å². The van der Waals surface area contributed by atoms with Gasteiger partial charge in [0, 0.05) is 16.9 Å². The summed E-state index contributed by atoms with van der Waals surface area (Å²) in [7, 11) is 0. The van der Waals surface area contributed by atoms with E-state index in [0.717, 1.165) is 34.4 Å². The highest BCUT2D eigenvalue weighted by Crippen LogP contribution is 2.29. The van der Waals surface area contributed by atoms with Crippen LogP contribution in [0.5, 0.6) is 0 Å². The van der Waals surface area contributed by atoms with E-state index in [9.17, 15) is 4.79 Å². The van der Waals surface area contributed by atoms with E-state index in [2.05, 4.69) is 0 Å². The quantitative estimate of drug-likeness (QED) is 0.764. The molecule has 3 nitrogen and oxygen atoms in total. The number of allylic oxidation sites excluding steroid dienone is 2. The Labute approximate surface area is 111 Å². The van der Waals surface area contributed by atoms with Crippen molar-refractivity contribution in [2.75, 3.05) is 11.5 Å². The van der Waals surface area contributed by atoms with Crippen molar-refractivity contribution in [3.05, 3.63) is 65.2 Å². The van der Waals surface area contributed by atoms with Crippen LogP contribution in [0.3, 0.4) is 0 Å². The van der Waals surface area contributed by atoms with Gasteiger partial charge in [0.2, 0.25) is 0 Å². The number of nitrogens with two attached hydrogens (primary N) is 2. The Hall–Kier alpha value is -2.55. The Morgan fingerprint density at radius 3 is 2.32 bits per heavy atom. The molecule has 3 heteroatoms. The van der Waals surface area contributed by atoms with Gasteiger partial charge in [0.15, 0.2) is 5.78 Å². The number of fused-ring (bicyclic) bond motifs is 1. The lowest BCUT2D eigenvalue weighted by Gasteiger charge is -2.17. The molecule has 2 aromatic carbocycles. The molecule has 0 radical (unpaired) electrons. The third kappa shape index (κ3) is 2.10. The first-order chi connectivity index (χ1) is 9.13. The van der Waals surface area contributed by atoms with Crippen LogP contribution in [-0.4, -0.2) is 5.78 Å². The largest absolute Gasteiger partial charge is 0.399 e. The van der Waals surface area contributed by atoms with E-state index in [0.29, 0.717) is 5.69 Å². The van der Waals surface area contributed by atoms with Crippen molar-refractivity contribution < 1.29 is 4.79 Å². The predicted octanol–water partition coefficient (Wildman–Crippen LogP) is 2.67. The van der Waals surface area contributed by atoms with E-state index in [-0.39, 0.29) is 5.78 Å². The molecule has 0 amide bonds. The van der Waals surface area contributed by atoms with Gasteiger partial charge in [0.1, 0.15) is 0 Å². The zero-order valence-electron chi connectivity index (χ0n) is 10.4. The summed E-state index contributed by atoms with van der Waals surface area (Å²) >= 11 is 0. The molecule has 0 atom stereocenters. The zero-order valence-corrected chi connectivity index (χ0v) is 10.4. The van der Waals surface area contributed by atoms with Crippen molar-refractivity contribution in [3.63, 3.8) is 0 Å².